The summed E-state index contributed by atoms with van der Waals surface area (Å²) in [5.41, 5.74) is 1.52. The third-order valence-corrected chi connectivity index (χ3v) is 6.76. The van der Waals surface area contributed by atoms with E-state index in [2.05, 4.69) is 5.32 Å². The number of nitrogens with zero attached hydrogens (tertiary/aromatic N) is 2. The molecule has 1 fully saturated rings. The minimum atomic E-state index is -0.881. The summed E-state index contributed by atoms with van der Waals surface area (Å²) in [7, 11) is 3.12. The molecule has 10 nitrogen and oxygen atoms in total. The van der Waals surface area contributed by atoms with Gasteiger partial charge in [0, 0.05) is 29.7 Å². The van der Waals surface area contributed by atoms with Crippen molar-refractivity contribution in [1.82, 2.24) is 10.2 Å². The molecule has 40 heavy (non-hydrogen) atoms. The van der Waals surface area contributed by atoms with Crippen LogP contribution in [0, 0.1) is 0 Å². The summed E-state index contributed by atoms with van der Waals surface area (Å²) >= 11 is 5.96. The highest BCUT2D eigenvalue weighted by atomic mass is 35.5. The lowest BCUT2D eigenvalue weighted by Gasteiger charge is -2.26. The average molecular weight is 562 g/mol. The molecule has 0 radical (unpaired) electrons. The SMILES string of the molecule is COc1c(C=C2C(=O)NC(=O)N(c3ccc(Cl)cc3)C2=O)c(CCN(C)C(=O)c2ccccc2)cc2c1OCO2. The molecule has 2 aliphatic rings. The Balaban J connectivity index is 1.52. The fraction of sp³-hybridized carbons (Fsp3) is 0.172. The summed E-state index contributed by atoms with van der Waals surface area (Å²) in [5.74, 6) is -0.831. The summed E-state index contributed by atoms with van der Waals surface area (Å²) in [6.07, 6.45) is 1.69. The van der Waals surface area contributed by atoms with E-state index in [0.29, 0.717) is 46.2 Å². The Hall–Kier alpha value is -4.83. The molecule has 204 valence electrons. The maximum atomic E-state index is 13.5. The minimum Gasteiger partial charge on any atom is -0.492 e. The van der Waals surface area contributed by atoms with Crippen molar-refractivity contribution in [2.45, 2.75) is 6.42 Å². The van der Waals surface area contributed by atoms with Crippen LogP contribution in [0.5, 0.6) is 17.2 Å². The van der Waals surface area contributed by atoms with Gasteiger partial charge in [-0.05, 0) is 60.5 Å². The van der Waals surface area contributed by atoms with E-state index in [9.17, 15) is 19.2 Å². The zero-order chi connectivity index (χ0) is 28.4. The Kier molecular flexibility index (Phi) is 7.43. The molecule has 3 aromatic rings. The molecule has 0 unspecified atom stereocenters. The summed E-state index contributed by atoms with van der Waals surface area (Å²) in [6, 6.07) is 15.8. The van der Waals surface area contributed by atoms with E-state index < -0.39 is 17.8 Å². The van der Waals surface area contributed by atoms with Crippen LogP contribution in [0.3, 0.4) is 0 Å². The Morgan fingerprint density at radius 1 is 1.10 bits per heavy atom. The van der Waals surface area contributed by atoms with Crippen molar-refractivity contribution >= 4 is 47.1 Å². The van der Waals surface area contributed by atoms with Crippen molar-refractivity contribution in [3.05, 3.63) is 87.9 Å². The van der Waals surface area contributed by atoms with Gasteiger partial charge in [-0.15, -0.1) is 0 Å². The van der Waals surface area contributed by atoms with Crippen LogP contribution < -0.4 is 24.4 Å². The summed E-state index contributed by atoms with van der Waals surface area (Å²) < 4.78 is 16.8. The lowest BCUT2D eigenvalue weighted by molar-refractivity contribution is -0.122. The zero-order valence-electron chi connectivity index (χ0n) is 21.6. The summed E-state index contributed by atoms with van der Waals surface area (Å²) in [6.45, 7) is 0.276. The maximum absolute atomic E-state index is 13.5. The number of urea groups is 1. The largest absolute Gasteiger partial charge is 0.492 e. The van der Waals surface area contributed by atoms with E-state index in [1.807, 2.05) is 6.07 Å². The number of likely N-dealkylation sites (N-methyl/N-ethyl adjacent to an activating group) is 1. The standard InChI is InChI=1S/C29H24ClN3O7/c1-32(27(35)17-6-4-3-5-7-17)13-12-18-14-23-25(40-16-39-23)24(38-2)21(18)15-22-26(34)31-29(37)33(28(22)36)20-10-8-19(30)9-11-20/h3-11,14-15H,12-13,16H2,1-2H3,(H,31,34,37). The predicted molar refractivity (Wildman–Crippen MR) is 147 cm³/mol. The normalized spacial score (nSPS) is 15.3. The first kappa shape index (κ1) is 26.8. The van der Waals surface area contributed by atoms with Crippen molar-refractivity contribution < 1.29 is 33.4 Å². The number of amides is 5. The van der Waals surface area contributed by atoms with Crippen molar-refractivity contribution in [1.29, 1.82) is 0 Å². The Morgan fingerprint density at radius 2 is 1.82 bits per heavy atom. The van der Waals surface area contributed by atoms with Crippen molar-refractivity contribution in [3.63, 3.8) is 0 Å². The number of nitrogens with one attached hydrogen (secondary N) is 1. The van der Waals surface area contributed by atoms with Crippen LogP contribution in [0.25, 0.3) is 6.08 Å². The molecular formula is C29H24ClN3O7. The number of barbiturate groups is 1. The molecule has 0 saturated carbocycles. The number of anilines is 1. The van der Waals surface area contributed by atoms with Crippen molar-refractivity contribution in [2.75, 3.05) is 32.4 Å². The predicted octanol–water partition coefficient (Wildman–Crippen LogP) is 4.06. The number of halogens is 1. The van der Waals surface area contributed by atoms with E-state index in [4.69, 9.17) is 25.8 Å². The topological polar surface area (TPSA) is 114 Å². The molecule has 0 spiro atoms. The van der Waals surface area contributed by atoms with Gasteiger partial charge >= 0.3 is 6.03 Å². The molecule has 3 aromatic carbocycles. The Bertz CT molecular complexity index is 1540. The molecule has 2 aliphatic heterocycles. The first-order chi connectivity index (χ1) is 19.3. The maximum Gasteiger partial charge on any atom is 0.335 e. The van der Waals surface area contributed by atoms with Gasteiger partial charge in [0.05, 0.1) is 12.8 Å². The molecular weight excluding hydrogens is 538 g/mol. The first-order valence-electron chi connectivity index (χ1n) is 12.3. The number of carbonyl (C=O) groups excluding carboxylic acids is 4. The van der Waals surface area contributed by atoms with E-state index in [1.165, 1.54) is 37.5 Å². The van der Waals surface area contributed by atoms with E-state index in [0.717, 1.165) is 4.90 Å². The number of fused-ring (bicyclic) bond motifs is 1. The minimum absolute atomic E-state index is 0.0319. The molecule has 0 bridgehead atoms. The fourth-order valence-electron chi connectivity index (χ4n) is 4.46. The highest BCUT2D eigenvalue weighted by Gasteiger charge is 2.37. The Labute approximate surface area is 234 Å². The van der Waals surface area contributed by atoms with Crippen LogP contribution in [0.1, 0.15) is 21.5 Å². The highest BCUT2D eigenvalue weighted by Crippen LogP contribution is 2.46. The van der Waals surface area contributed by atoms with Gasteiger partial charge in [-0.3, -0.25) is 19.7 Å². The number of ether oxygens (including phenoxy) is 3. The quantitative estimate of drug-likeness (QED) is 0.342. The van der Waals surface area contributed by atoms with E-state index >= 15 is 0 Å². The van der Waals surface area contributed by atoms with Gasteiger partial charge in [0.1, 0.15) is 5.57 Å². The number of carbonyl (C=O) groups is 4. The summed E-state index contributed by atoms with van der Waals surface area (Å²) in [4.78, 5) is 54.3. The fourth-order valence-corrected chi connectivity index (χ4v) is 4.59. The number of hydrogen-bond donors (Lipinski definition) is 1. The number of imide groups is 2. The lowest BCUT2D eigenvalue weighted by Crippen LogP contribution is -2.54. The lowest BCUT2D eigenvalue weighted by atomic mass is 9.97. The van der Waals surface area contributed by atoms with Crippen molar-refractivity contribution in [3.8, 4) is 17.2 Å². The number of hydrogen-bond acceptors (Lipinski definition) is 7. The van der Waals surface area contributed by atoms with Gasteiger partial charge in [-0.2, -0.15) is 0 Å². The van der Waals surface area contributed by atoms with Crippen LogP contribution in [0.2, 0.25) is 5.02 Å². The van der Waals surface area contributed by atoms with Crippen LogP contribution in [-0.2, 0) is 16.0 Å². The van der Waals surface area contributed by atoms with Crippen LogP contribution >= 0.6 is 11.6 Å². The van der Waals surface area contributed by atoms with Crippen LogP contribution in [-0.4, -0.2) is 56.1 Å². The second kappa shape index (κ2) is 11.1. The van der Waals surface area contributed by atoms with Gasteiger partial charge in [-0.1, -0.05) is 29.8 Å². The third-order valence-electron chi connectivity index (χ3n) is 6.51. The number of methoxy groups -OCH3 is 1. The molecule has 5 rings (SSSR count). The van der Waals surface area contributed by atoms with E-state index in [1.54, 1.807) is 42.3 Å². The number of benzene rings is 3. The smallest absolute Gasteiger partial charge is 0.335 e. The molecule has 0 atom stereocenters. The Morgan fingerprint density at radius 3 is 2.52 bits per heavy atom. The third kappa shape index (κ3) is 5.08. The molecule has 1 N–H and O–H groups in total. The second-order valence-corrected chi connectivity index (χ2v) is 9.43. The van der Waals surface area contributed by atoms with E-state index in [-0.39, 0.29) is 29.7 Å². The molecule has 2 heterocycles. The van der Waals surface area contributed by atoms with Crippen LogP contribution in [0.4, 0.5) is 10.5 Å². The molecule has 0 aliphatic carbocycles. The molecule has 5 amide bonds. The average Bonchev–Trinajstić information content (AvgIpc) is 3.43. The highest BCUT2D eigenvalue weighted by molar-refractivity contribution is 6.39. The molecule has 1 saturated heterocycles. The second-order valence-electron chi connectivity index (χ2n) is 8.99. The first-order valence-corrected chi connectivity index (χ1v) is 12.6. The van der Waals surface area contributed by atoms with Gasteiger partial charge in [0.25, 0.3) is 17.7 Å². The van der Waals surface area contributed by atoms with Crippen LogP contribution in [0.15, 0.2) is 66.2 Å². The number of rotatable bonds is 7. The van der Waals surface area contributed by atoms with Gasteiger partial charge in [-0.25, -0.2) is 9.69 Å². The summed E-state index contributed by atoms with van der Waals surface area (Å²) in [5, 5.41) is 2.63. The molecule has 0 aromatic heterocycles. The van der Waals surface area contributed by atoms with Gasteiger partial charge in [0.15, 0.2) is 11.5 Å². The van der Waals surface area contributed by atoms with Gasteiger partial charge < -0.3 is 19.1 Å². The zero-order valence-corrected chi connectivity index (χ0v) is 22.4. The monoisotopic (exact) mass is 561 g/mol. The van der Waals surface area contributed by atoms with Crippen molar-refractivity contribution in [2.24, 2.45) is 0 Å². The molecule has 11 heteroatoms. The van der Waals surface area contributed by atoms with Gasteiger partial charge in [0.2, 0.25) is 12.5 Å².